The first kappa shape index (κ1) is 14.0. The molecule has 3 nitrogen and oxygen atoms in total. The van der Waals surface area contributed by atoms with Gasteiger partial charge in [-0.3, -0.25) is 4.79 Å². The van der Waals surface area contributed by atoms with Crippen LogP contribution < -0.4 is 5.32 Å². The smallest absolute Gasteiger partial charge is 0.222 e. The zero-order chi connectivity index (χ0) is 12.7. The zero-order valence-electron chi connectivity index (χ0n) is 11.0. The van der Waals surface area contributed by atoms with E-state index in [1.165, 1.54) is 5.57 Å². The van der Waals surface area contributed by atoms with Gasteiger partial charge in [0.15, 0.2) is 0 Å². The van der Waals surface area contributed by atoms with Gasteiger partial charge in [0.2, 0.25) is 5.91 Å². The molecule has 0 aromatic carbocycles. The van der Waals surface area contributed by atoms with E-state index in [0.29, 0.717) is 13.2 Å². The fourth-order valence-corrected chi connectivity index (χ4v) is 1.52. The van der Waals surface area contributed by atoms with E-state index >= 15 is 0 Å². The van der Waals surface area contributed by atoms with E-state index in [-0.39, 0.29) is 17.9 Å². The van der Waals surface area contributed by atoms with Gasteiger partial charge in [-0.1, -0.05) is 32.1 Å². The molecular formula is C14H23NO2. The summed E-state index contributed by atoms with van der Waals surface area (Å²) in [6, 6.07) is 0. The molecule has 0 heterocycles. The standard InChI is InChI=1S/C14H23NO2/c1-11(2)14(16)15-9-12(3)17-10-13-7-5-4-6-8-13/h5,7-8,11-12H,4,6,9-10H2,1-3H3,(H,15,16). The van der Waals surface area contributed by atoms with Crippen LogP contribution in [0, 0.1) is 5.92 Å². The minimum Gasteiger partial charge on any atom is -0.372 e. The maximum Gasteiger partial charge on any atom is 0.222 e. The van der Waals surface area contributed by atoms with Crippen molar-refractivity contribution < 1.29 is 9.53 Å². The summed E-state index contributed by atoms with van der Waals surface area (Å²) in [6.07, 6.45) is 8.78. The van der Waals surface area contributed by atoms with E-state index in [4.69, 9.17) is 4.74 Å². The molecule has 0 spiro atoms. The number of carbonyl (C=O) groups excluding carboxylic acids is 1. The van der Waals surface area contributed by atoms with E-state index in [9.17, 15) is 4.79 Å². The number of carbonyl (C=O) groups is 1. The van der Waals surface area contributed by atoms with Gasteiger partial charge in [-0.15, -0.1) is 0 Å². The summed E-state index contributed by atoms with van der Waals surface area (Å²) in [7, 11) is 0. The molecule has 0 saturated carbocycles. The number of ether oxygens (including phenoxy) is 1. The quantitative estimate of drug-likeness (QED) is 0.770. The first-order valence-corrected chi connectivity index (χ1v) is 6.34. The average Bonchev–Trinajstić information content (AvgIpc) is 2.34. The summed E-state index contributed by atoms with van der Waals surface area (Å²) < 4.78 is 5.68. The first-order valence-electron chi connectivity index (χ1n) is 6.34. The lowest BCUT2D eigenvalue weighted by molar-refractivity contribution is -0.124. The lowest BCUT2D eigenvalue weighted by atomic mass is 10.1. The molecule has 3 heteroatoms. The molecule has 0 radical (unpaired) electrons. The van der Waals surface area contributed by atoms with Crippen molar-refractivity contribution in [3.8, 4) is 0 Å². The van der Waals surface area contributed by atoms with Crippen LogP contribution in [-0.2, 0) is 9.53 Å². The molecule has 0 aliphatic heterocycles. The fourth-order valence-electron chi connectivity index (χ4n) is 1.52. The summed E-state index contributed by atoms with van der Waals surface area (Å²) in [5.74, 6) is 0.114. The Bertz CT molecular complexity index is 305. The Kier molecular flexibility index (Phi) is 5.98. The number of nitrogens with one attached hydrogen (secondary N) is 1. The molecule has 1 unspecified atom stereocenters. The summed E-state index contributed by atoms with van der Waals surface area (Å²) in [5, 5.41) is 2.87. The molecule has 17 heavy (non-hydrogen) atoms. The van der Waals surface area contributed by atoms with Crippen LogP contribution in [0.15, 0.2) is 23.8 Å². The van der Waals surface area contributed by atoms with E-state index in [1.54, 1.807) is 0 Å². The van der Waals surface area contributed by atoms with Gasteiger partial charge in [0, 0.05) is 12.5 Å². The highest BCUT2D eigenvalue weighted by Crippen LogP contribution is 2.10. The Morgan fingerprint density at radius 2 is 2.18 bits per heavy atom. The molecule has 0 fully saturated rings. The molecule has 1 rings (SSSR count). The van der Waals surface area contributed by atoms with Crippen molar-refractivity contribution in [2.45, 2.75) is 39.7 Å². The number of hydrogen-bond acceptors (Lipinski definition) is 2. The molecule has 0 aromatic heterocycles. The van der Waals surface area contributed by atoms with Gasteiger partial charge in [-0.2, -0.15) is 0 Å². The second-order valence-corrected chi connectivity index (χ2v) is 4.78. The van der Waals surface area contributed by atoms with Crippen LogP contribution in [0.25, 0.3) is 0 Å². The van der Waals surface area contributed by atoms with Crippen LogP contribution in [-0.4, -0.2) is 25.2 Å². The minimum atomic E-state index is 0.0335. The number of rotatable bonds is 6. The van der Waals surface area contributed by atoms with E-state index in [1.807, 2.05) is 20.8 Å². The molecule has 1 aliphatic rings. The highest BCUT2D eigenvalue weighted by atomic mass is 16.5. The van der Waals surface area contributed by atoms with Crippen molar-refractivity contribution in [2.24, 2.45) is 5.92 Å². The van der Waals surface area contributed by atoms with Gasteiger partial charge in [0.25, 0.3) is 0 Å². The SMILES string of the molecule is CC(CNC(=O)C(C)C)OCC1=CCCC=C1. The molecule has 1 amide bonds. The number of amides is 1. The Hall–Kier alpha value is -1.09. The van der Waals surface area contributed by atoms with Gasteiger partial charge in [-0.05, 0) is 25.3 Å². The van der Waals surface area contributed by atoms with Crippen molar-refractivity contribution in [1.82, 2.24) is 5.32 Å². The molecule has 1 aliphatic carbocycles. The maximum atomic E-state index is 11.4. The molecule has 1 atom stereocenters. The second-order valence-electron chi connectivity index (χ2n) is 4.78. The summed E-state index contributed by atoms with van der Waals surface area (Å²) in [5.41, 5.74) is 1.23. The van der Waals surface area contributed by atoms with Crippen LogP contribution in [0.3, 0.4) is 0 Å². The van der Waals surface area contributed by atoms with Crippen molar-refractivity contribution in [3.05, 3.63) is 23.8 Å². The predicted octanol–water partition coefficient (Wildman–Crippen LogP) is 2.44. The minimum absolute atomic E-state index is 0.0335. The van der Waals surface area contributed by atoms with Gasteiger partial charge in [-0.25, -0.2) is 0 Å². The Balaban J connectivity index is 2.17. The first-order chi connectivity index (χ1) is 8.09. The fraction of sp³-hybridized carbons (Fsp3) is 0.643. The molecule has 0 bridgehead atoms. The Morgan fingerprint density at radius 1 is 1.41 bits per heavy atom. The third kappa shape index (κ3) is 5.68. The summed E-state index contributed by atoms with van der Waals surface area (Å²) in [6.45, 7) is 6.97. The molecule has 1 N–H and O–H groups in total. The average molecular weight is 237 g/mol. The largest absolute Gasteiger partial charge is 0.372 e. The van der Waals surface area contributed by atoms with Crippen molar-refractivity contribution in [1.29, 1.82) is 0 Å². The van der Waals surface area contributed by atoms with E-state index in [2.05, 4.69) is 23.5 Å². The van der Waals surface area contributed by atoms with E-state index < -0.39 is 0 Å². The van der Waals surface area contributed by atoms with Crippen LogP contribution >= 0.6 is 0 Å². The summed E-state index contributed by atoms with van der Waals surface area (Å²) >= 11 is 0. The molecule has 0 aromatic rings. The Labute approximate surface area is 104 Å². The van der Waals surface area contributed by atoms with Crippen molar-refractivity contribution in [3.63, 3.8) is 0 Å². The second kappa shape index (κ2) is 7.28. The van der Waals surface area contributed by atoms with Crippen molar-refractivity contribution in [2.75, 3.05) is 13.2 Å². The zero-order valence-corrected chi connectivity index (χ0v) is 11.0. The van der Waals surface area contributed by atoms with Crippen molar-refractivity contribution >= 4 is 5.91 Å². The monoisotopic (exact) mass is 237 g/mol. The highest BCUT2D eigenvalue weighted by Gasteiger charge is 2.09. The molecule has 0 saturated heterocycles. The lowest BCUT2D eigenvalue weighted by Gasteiger charge is -2.16. The van der Waals surface area contributed by atoms with Crippen LogP contribution in [0.4, 0.5) is 0 Å². The van der Waals surface area contributed by atoms with Crippen LogP contribution in [0.1, 0.15) is 33.6 Å². The van der Waals surface area contributed by atoms with Gasteiger partial charge < -0.3 is 10.1 Å². The van der Waals surface area contributed by atoms with Gasteiger partial charge >= 0.3 is 0 Å². The van der Waals surface area contributed by atoms with Crippen LogP contribution in [0.5, 0.6) is 0 Å². The third-order valence-corrected chi connectivity index (χ3v) is 2.69. The normalized spacial score (nSPS) is 16.8. The van der Waals surface area contributed by atoms with E-state index in [0.717, 1.165) is 12.8 Å². The highest BCUT2D eigenvalue weighted by molar-refractivity contribution is 5.77. The number of hydrogen-bond donors (Lipinski definition) is 1. The third-order valence-electron chi connectivity index (χ3n) is 2.69. The maximum absolute atomic E-state index is 11.4. The molecule has 96 valence electrons. The van der Waals surface area contributed by atoms with Gasteiger partial charge in [0.1, 0.15) is 0 Å². The Morgan fingerprint density at radius 3 is 2.76 bits per heavy atom. The topological polar surface area (TPSA) is 38.3 Å². The van der Waals surface area contributed by atoms with Gasteiger partial charge in [0.05, 0.1) is 12.7 Å². The number of allylic oxidation sites excluding steroid dienone is 2. The van der Waals surface area contributed by atoms with Crippen LogP contribution in [0.2, 0.25) is 0 Å². The lowest BCUT2D eigenvalue weighted by Crippen LogP contribution is -2.34. The predicted molar refractivity (Wildman–Crippen MR) is 69.7 cm³/mol. The summed E-state index contributed by atoms with van der Waals surface area (Å²) in [4.78, 5) is 11.4. The molecular weight excluding hydrogens is 214 g/mol.